The van der Waals surface area contributed by atoms with Crippen molar-refractivity contribution in [1.82, 2.24) is 14.9 Å². The maximum Gasteiger partial charge on any atom is 0.262 e. The monoisotopic (exact) mass is 465 g/mol. The number of hydrogen-bond donors (Lipinski definition) is 1. The van der Waals surface area contributed by atoms with E-state index in [0.717, 1.165) is 9.35 Å². The Kier molecular flexibility index (Phi) is 6.73. The van der Waals surface area contributed by atoms with E-state index in [0.29, 0.717) is 35.1 Å². The Morgan fingerprint density at radius 2 is 2.19 bits per heavy atom. The molecule has 0 spiro atoms. The van der Waals surface area contributed by atoms with Crippen LogP contribution in [-0.4, -0.2) is 21.2 Å². The van der Waals surface area contributed by atoms with Gasteiger partial charge in [-0.05, 0) is 35.6 Å². The van der Waals surface area contributed by atoms with Crippen LogP contribution in [0.25, 0.3) is 10.9 Å². The van der Waals surface area contributed by atoms with Gasteiger partial charge in [0.05, 0.1) is 23.2 Å². The van der Waals surface area contributed by atoms with Crippen LogP contribution in [-0.2, 0) is 17.9 Å². The van der Waals surface area contributed by atoms with Gasteiger partial charge >= 0.3 is 0 Å². The van der Waals surface area contributed by atoms with E-state index in [1.807, 2.05) is 29.6 Å². The lowest BCUT2D eigenvalue weighted by Crippen LogP contribution is -2.27. The number of benzene rings is 1. The second-order valence-electron chi connectivity index (χ2n) is 6.51. The van der Waals surface area contributed by atoms with Crippen molar-refractivity contribution < 1.29 is 4.79 Å². The third-order valence-electron chi connectivity index (χ3n) is 3.80. The first kappa shape index (κ1) is 20.1. The molecular weight excluding hydrogens is 446 g/mol. The molecule has 1 amide bonds. The number of nitrogens with one attached hydrogen (secondary N) is 1. The van der Waals surface area contributed by atoms with Crippen LogP contribution in [0, 0.1) is 5.92 Å². The van der Waals surface area contributed by atoms with Gasteiger partial charge in [-0.1, -0.05) is 47.6 Å². The summed E-state index contributed by atoms with van der Waals surface area (Å²) in [6.07, 6.45) is 0. The predicted molar refractivity (Wildman–Crippen MR) is 115 cm³/mol. The molecule has 3 aromatic rings. The lowest BCUT2D eigenvalue weighted by molar-refractivity contribution is -0.118. The molecule has 0 atom stereocenters. The molecule has 0 bridgehead atoms. The number of fused-ring (bicyclic) bond motifs is 1. The first-order valence-corrected chi connectivity index (χ1v) is 11.2. The highest BCUT2D eigenvalue weighted by Gasteiger charge is 2.14. The number of carbonyl (C=O) groups is 1. The quantitative estimate of drug-likeness (QED) is 0.417. The van der Waals surface area contributed by atoms with Crippen LogP contribution in [0.3, 0.4) is 0 Å². The predicted octanol–water partition coefficient (Wildman–Crippen LogP) is 4.29. The van der Waals surface area contributed by atoms with Gasteiger partial charge in [-0.3, -0.25) is 14.2 Å². The van der Waals surface area contributed by atoms with Crippen LogP contribution in [0.2, 0.25) is 0 Å². The second-order valence-corrected chi connectivity index (χ2v) is 9.40. The number of aromatic nitrogens is 2. The minimum atomic E-state index is -0.0744. The van der Waals surface area contributed by atoms with Crippen LogP contribution < -0.4 is 10.9 Å². The number of thioether (sulfide) groups is 1. The minimum Gasteiger partial charge on any atom is -0.350 e. The molecule has 1 aromatic carbocycles. The Bertz CT molecular complexity index is 1000. The maximum atomic E-state index is 13.0. The molecule has 0 fully saturated rings. The average Bonchev–Trinajstić information content (AvgIpc) is 3.15. The largest absolute Gasteiger partial charge is 0.350 e. The van der Waals surface area contributed by atoms with Crippen LogP contribution in [0.15, 0.2) is 50.1 Å². The zero-order chi connectivity index (χ0) is 19.4. The van der Waals surface area contributed by atoms with Crippen LogP contribution in [0.5, 0.6) is 0 Å². The highest BCUT2D eigenvalue weighted by molar-refractivity contribution is 9.10. The molecule has 0 aliphatic rings. The van der Waals surface area contributed by atoms with E-state index in [9.17, 15) is 9.59 Å². The summed E-state index contributed by atoms with van der Waals surface area (Å²) in [6, 6.07) is 9.43. The molecule has 3 rings (SSSR count). The van der Waals surface area contributed by atoms with Gasteiger partial charge in [-0.2, -0.15) is 0 Å². The number of nitrogens with zero attached hydrogens (tertiary/aromatic N) is 2. The molecular formula is C19H20BrN3O2S2. The molecule has 2 aromatic heterocycles. The van der Waals surface area contributed by atoms with Crippen molar-refractivity contribution in [3.05, 3.63) is 55.4 Å². The van der Waals surface area contributed by atoms with Gasteiger partial charge in [0.1, 0.15) is 0 Å². The molecule has 0 saturated heterocycles. The Morgan fingerprint density at radius 1 is 1.37 bits per heavy atom. The zero-order valence-electron chi connectivity index (χ0n) is 15.1. The van der Waals surface area contributed by atoms with Crippen LogP contribution in [0.4, 0.5) is 0 Å². The summed E-state index contributed by atoms with van der Waals surface area (Å²) in [5, 5.41) is 6.05. The standard InChI is InChI=1S/C19H20BrN3O2S2/c1-12(2)10-23-18(25)15-8-13(20)5-6-16(15)22-19(23)27-11-17(24)21-9-14-4-3-7-26-14/h3-8,12H,9-11H2,1-2H3,(H,21,24). The van der Waals surface area contributed by atoms with E-state index >= 15 is 0 Å². The van der Waals surface area contributed by atoms with Crippen molar-refractivity contribution in [1.29, 1.82) is 0 Å². The summed E-state index contributed by atoms with van der Waals surface area (Å²) < 4.78 is 2.52. The number of halogens is 1. The molecule has 8 heteroatoms. The van der Waals surface area contributed by atoms with Gasteiger partial charge in [0.15, 0.2) is 5.16 Å². The maximum absolute atomic E-state index is 13.0. The van der Waals surface area contributed by atoms with Gasteiger partial charge in [-0.15, -0.1) is 11.3 Å². The summed E-state index contributed by atoms with van der Waals surface area (Å²) in [6.45, 7) is 5.20. The Balaban J connectivity index is 1.80. The first-order chi connectivity index (χ1) is 12.9. The van der Waals surface area contributed by atoms with Gasteiger partial charge in [0.2, 0.25) is 5.91 Å². The molecule has 27 heavy (non-hydrogen) atoms. The van der Waals surface area contributed by atoms with Gasteiger partial charge in [0, 0.05) is 15.9 Å². The Hall–Kier alpha value is -1.64. The summed E-state index contributed by atoms with van der Waals surface area (Å²) in [5.74, 6) is 0.438. The third kappa shape index (κ3) is 5.21. The fraction of sp³-hybridized carbons (Fsp3) is 0.316. The first-order valence-electron chi connectivity index (χ1n) is 8.56. The van der Waals surface area contributed by atoms with Gasteiger partial charge < -0.3 is 5.32 Å². The molecule has 142 valence electrons. The summed E-state index contributed by atoms with van der Waals surface area (Å²) in [7, 11) is 0. The van der Waals surface area contributed by atoms with Crippen molar-refractivity contribution >= 4 is 55.8 Å². The van der Waals surface area contributed by atoms with E-state index in [2.05, 4.69) is 40.1 Å². The van der Waals surface area contributed by atoms with E-state index in [1.54, 1.807) is 22.0 Å². The summed E-state index contributed by atoms with van der Waals surface area (Å²) in [5.41, 5.74) is 0.571. The highest BCUT2D eigenvalue weighted by Crippen LogP contribution is 2.21. The van der Waals surface area contributed by atoms with E-state index in [1.165, 1.54) is 11.8 Å². The molecule has 0 unspecified atom stereocenters. The third-order valence-corrected chi connectivity index (χ3v) is 6.15. The zero-order valence-corrected chi connectivity index (χ0v) is 18.3. The SMILES string of the molecule is CC(C)Cn1c(SCC(=O)NCc2cccs2)nc2ccc(Br)cc2c1=O. The summed E-state index contributed by atoms with van der Waals surface area (Å²) >= 11 is 6.32. The number of amides is 1. The highest BCUT2D eigenvalue weighted by atomic mass is 79.9. The number of rotatable bonds is 7. The normalized spacial score (nSPS) is 11.3. The van der Waals surface area contributed by atoms with E-state index < -0.39 is 0 Å². The average molecular weight is 466 g/mol. The molecule has 1 N–H and O–H groups in total. The number of carbonyl (C=O) groups excluding carboxylic acids is 1. The minimum absolute atomic E-state index is 0.0727. The molecule has 0 radical (unpaired) electrons. The van der Waals surface area contributed by atoms with Crippen LogP contribution in [0.1, 0.15) is 18.7 Å². The number of hydrogen-bond acceptors (Lipinski definition) is 5. The second kappa shape index (κ2) is 9.03. The fourth-order valence-electron chi connectivity index (χ4n) is 2.59. The van der Waals surface area contributed by atoms with E-state index in [4.69, 9.17) is 0 Å². The van der Waals surface area contributed by atoms with Crippen molar-refractivity contribution in [2.75, 3.05) is 5.75 Å². The van der Waals surface area contributed by atoms with Gasteiger partial charge in [0.25, 0.3) is 5.56 Å². The smallest absolute Gasteiger partial charge is 0.262 e. The Morgan fingerprint density at radius 3 is 2.89 bits per heavy atom. The van der Waals surface area contributed by atoms with Crippen molar-refractivity contribution in [3.8, 4) is 0 Å². The van der Waals surface area contributed by atoms with E-state index in [-0.39, 0.29) is 17.2 Å². The van der Waals surface area contributed by atoms with Crippen molar-refractivity contribution in [2.24, 2.45) is 5.92 Å². The number of thiophene rings is 1. The molecule has 0 aliphatic carbocycles. The summed E-state index contributed by atoms with van der Waals surface area (Å²) in [4.78, 5) is 30.9. The lowest BCUT2D eigenvalue weighted by Gasteiger charge is -2.15. The lowest BCUT2D eigenvalue weighted by atomic mass is 10.2. The molecule has 0 aliphatic heterocycles. The molecule has 0 saturated carbocycles. The van der Waals surface area contributed by atoms with Gasteiger partial charge in [-0.25, -0.2) is 4.98 Å². The topological polar surface area (TPSA) is 64.0 Å². The fourth-order valence-corrected chi connectivity index (χ4v) is 4.43. The van der Waals surface area contributed by atoms with Crippen molar-refractivity contribution in [3.63, 3.8) is 0 Å². The van der Waals surface area contributed by atoms with Crippen molar-refractivity contribution in [2.45, 2.75) is 32.1 Å². The molecule has 5 nitrogen and oxygen atoms in total. The Labute approximate surface area is 174 Å². The van der Waals surface area contributed by atoms with Crippen LogP contribution >= 0.6 is 39.0 Å². The molecule has 2 heterocycles.